The summed E-state index contributed by atoms with van der Waals surface area (Å²) >= 11 is 0. The molecule has 0 aromatic heterocycles. The Bertz CT molecular complexity index is 109. The summed E-state index contributed by atoms with van der Waals surface area (Å²) in [6.07, 6.45) is 6.66. The van der Waals surface area contributed by atoms with Crippen molar-refractivity contribution in [3.63, 3.8) is 0 Å². The zero-order chi connectivity index (χ0) is 5.61. The maximum atomic E-state index is 5.43. The average molecular weight is 111 g/mol. The normalized spacial score (nSPS) is 52.9. The number of ether oxygens (including phenoxy) is 1. The van der Waals surface area contributed by atoms with Crippen LogP contribution in [0.2, 0.25) is 0 Å². The Morgan fingerprint density at radius 1 is 1.75 bits per heavy atom. The Morgan fingerprint density at radius 2 is 2.62 bits per heavy atom. The van der Waals surface area contributed by atoms with Gasteiger partial charge in [0.1, 0.15) is 0 Å². The molecule has 0 spiro atoms. The maximum Gasteiger partial charge on any atom is 0.0923 e. The first-order valence-corrected chi connectivity index (χ1v) is 3.31. The van der Waals surface area contributed by atoms with Crippen LogP contribution in [0.15, 0.2) is 0 Å². The van der Waals surface area contributed by atoms with Gasteiger partial charge in [-0.05, 0) is 32.6 Å². The van der Waals surface area contributed by atoms with Gasteiger partial charge >= 0.3 is 0 Å². The number of hydrogen-bond acceptors (Lipinski definition) is 1. The molecule has 2 rings (SSSR count). The topological polar surface area (TPSA) is 12.5 Å². The summed E-state index contributed by atoms with van der Waals surface area (Å²) in [5.41, 5.74) is 0.290. The second-order valence-electron chi connectivity index (χ2n) is 2.99. The first-order valence-electron chi connectivity index (χ1n) is 3.31. The molecule has 0 N–H and O–H groups in total. The third-order valence-corrected chi connectivity index (χ3v) is 2.22. The summed E-state index contributed by atoms with van der Waals surface area (Å²) in [4.78, 5) is 0. The predicted molar refractivity (Wildman–Crippen MR) is 31.4 cm³/mol. The van der Waals surface area contributed by atoms with E-state index in [0.717, 1.165) is 0 Å². The minimum atomic E-state index is 0.290. The minimum absolute atomic E-state index is 0.290. The second kappa shape index (κ2) is 1.27. The van der Waals surface area contributed by atoms with Gasteiger partial charge in [-0.1, -0.05) is 0 Å². The zero-order valence-electron chi connectivity index (χ0n) is 5.18. The molecule has 2 fully saturated rings. The van der Waals surface area contributed by atoms with E-state index in [2.05, 4.69) is 13.3 Å². The first-order chi connectivity index (χ1) is 3.81. The van der Waals surface area contributed by atoms with E-state index in [9.17, 15) is 0 Å². The smallest absolute Gasteiger partial charge is 0.0923 e. The standard InChI is InChI=1S/C7H11O/c1-7-5-3-2-4-6(7)8-7/h3,6H,2,4-5H2,1H3. The van der Waals surface area contributed by atoms with Gasteiger partial charge < -0.3 is 4.74 Å². The fourth-order valence-electron chi connectivity index (χ4n) is 1.49. The van der Waals surface area contributed by atoms with Crippen LogP contribution >= 0.6 is 0 Å². The van der Waals surface area contributed by atoms with E-state index in [4.69, 9.17) is 4.74 Å². The zero-order valence-corrected chi connectivity index (χ0v) is 5.18. The van der Waals surface area contributed by atoms with E-state index in [-0.39, 0.29) is 5.60 Å². The van der Waals surface area contributed by atoms with Crippen molar-refractivity contribution >= 4 is 0 Å². The van der Waals surface area contributed by atoms with Crippen LogP contribution in [0.4, 0.5) is 0 Å². The molecule has 2 unspecified atom stereocenters. The van der Waals surface area contributed by atoms with Crippen molar-refractivity contribution in [1.82, 2.24) is 0 Å². The molecule has 2 atom stereocenters. The molecule has 0 bridgehead atoms. The fourth-order valence-corrected chi connectivity index (χ4v) is 1.49. The van der Waals surface area contributed by atoms with Crippen LogP contribution in [0.25, 0.3) is 0 Å². The third kappa shape index (κ3) is 0.510. The highest BCUT2D eigenvalue weighted by atomic mass is 16.6. The molecule has 0 aromatic rings. The summed E-state index contributed by atoms with van der Waals surface area (Å²) in [6.45, 7) is 2.20. The van der Waals surface area contributed by atoms with Crippen LogP contribution < -0.4 is 0 Å². The number of fused-ring (bicyclic) bond motifs is 1. The summed E-state index contributed by atoms with van der Waals surface area (Å²) in [5, 5.41) is 0. The monoisotopic (exact) mass is 111 g/mol. The highest BCUT2D eigenvalue weighted by Crippen LogP contribution is 2.46. The molecular weight excluding hydrogens is 100 g/mol. The summed E-state index contributed by atoms with van der Waals surface area (Å²) in [6, 6.07) is 0. The van der Waals surface area contributed by atoms with Crippen LogP contribution in [-0.2, 0) is 4.74 Å². The molecule has 1 nitrogen and oxygen atoms in total. The molecule has 2 aliphatic rings. The lowest BCUT2D eigenvalue weighted by atomic mass is 9.91. The van der Waals surface area contributed by atoms with Crippen molar-refractivity contribution < 1.29 is 4.74 Å². The van der Waals surface area contributed by atoms with Crippen LogP contribution in [0.3, 0.4) is 0 Å². The molecule has 0 aromatic carbocycles. The lowest BCUT2D eigenvalue weighted by Crippen LogP contribution is -2.14. The van der Waals surface area contributed by atoms with Crippen LogP contribution in [-0.4, -0.2) is 11.7 Å². The van der Waals surface area contributed by atoms with Gasteiger partial charge in [0.2, 0.25) is 0 Å². The van der Waals surface area contributed by atoms with Crippen molar-refractivity contribution in [2.45, 2.75) is 37.9 Å². The Hall–Kier alpha value is -0.0400. The molecule has 1 saturated heterocycles. The summed E-state index contributed by atoms with van der Waals surface area (Å²) in [7, 11) is 0. The first kappa shape index (κ1) is 4.80. The molecule has 8 heavy (non-hydrogen) atoms. The van der Waals surface area contributed by atoms with Gasteiger partial charge in [0, 0.05) is 0 Å². The molecule has 45 valence electrons. The highest BCUT2D eigenvalue weighted by Gasteiger charge is 2.52. The number of rotatable bonds is 0. The number of epoxide rings is 1. The van der Waals surface area contributed by atoms with Crippen molar-refractivity contribution in [2.75, 3.05) is 0 Å². The summed E-state index contributed by atoms with van der Waals surface area (Å²) < 4.78 is 5.43. The van der Waals surface area contributed by atoms with Gasteiger partial charge in [0.25, 0.3) is 0 Å². The van der Waals surface area contributed by atoms with Gasteiger partial charge in [-0.3, -0.25) is 0 Å². The Labute approximate surface area is 50.0 Å². The van der Waals surface area contributed by atoms with E-state index in [0.29, 0.717) is 6.10 Å². The van der Waals surface area contributed by atoms with Crippen molar-refractivity contribution in [3.8, 4) is 0 Å². The largest absolute Gasteiger partial charge is 0.366 e. The molecule has 1 aliphatic carbocycles. The molecule has 0 amide bonds. The second-order valence-corrected chi connectivity index (χ2v) is 2.99. The van der Waals surface area contributed by atoms with E-state index in [1.165, 1.54) is 19.3 Å². The molecule has 1 aliphatic heterocycles. The van der Waals surface area contributed by atoms with E-state index in [1.54, 1.807) is 0 Å². The molecule has 1 saturated carbocycles. The molecule has 1 radical (unpaired) electrons. The minimum Gasteiger partial charge on any atom is -0.366 e. The summed E-state index contributed by atoms with van der Waals surface area (Å²) in [5.74, 6) is 0. The SMILES string of the molecule is CC12C[CH]CCC1O2. The lowest BCUT2D eigenvalue weighted by Gasteiger charge is -2.09. The van der Waals surface area contributed by atoms with Crippen LogP contribution in [0, 0.1) is 6.42 Å². The molecule has 1 heteroatoms. The van der Waals surface area contributed by atoms with Crippen molar-refractivity contribution in [2.24, 2.45) is 0 Å². The molecule has 1 heterocycles. The highest BCUT2D eigenvalue weighted by molar-refractivity contribution is 5.06. The number of hydrogen-bond donors (Lipinski definition) is 0. The predicted octanol–water partition coefficient (Wildman–Crippen LogP) is 1.53. The van der Waals surface area contributed by atoms with Crippen molar-refractivity contribution in [3.05, 3.63) is 6.42 Å². The van der Waals surface area contributed by atoms with Crippen LogP contribution in [0.5, 0.6) is 0 Å². The van der Waals surface area contributed by atoms with Gasteiger partial charge in [-0.25, -0.2) is 0 Å². The average Bonchev–Trinajstić information content (AvgIpc) is 2.39. The Kier molecular flexibility index (Phi) is 0.762. The van der Waals surface area contributed by atoms with E-state index < -0.39 is 0 Å². The lowest BCUT2D eigenvalue weighted by molar-refractivity contribution is 0.313. The van der Waals surface area contributed by atoms with E-state index in [1.807, 2.05) is 0 Å². The van der Waals surface area contributed by atoms with E-state index >= 15 is 0 Å². The van der Waals surface area contributed by atoms with Gasteiger partial charge in [0.05, 0.1) is 11.7 Å². The van der Waals surface area contributed by atoms with Crippen LogP contribution in [0.1, 0.15) is 26.2 Å². The molecular formula is C7H11O. The maximum absolute atomic E-state index is 5.43. The van der Waals surface area contributed by atoms with Gasteiger partial charge in [-0.15, -0.1) is 0 Å². The fraction of sp³-hybridized carbons (Fsp3) is 0.857. The van der Waals surface area contributed by atoms with Crippen molar-refractivity contribution in [1.29, 1.82) is 0 Å². The third-order valence-electron chi connectivity index (χ3n) is 2.22. The van der Waals surface area contributed by atoms with Gasteiger partial charge in [0.15, 0.2) is 0 Å². The quantitative estimate of drug-likeness (QED) is 0.432. The Balaban J connectivity index is 2.04. The van der Waals surface area contributed by atoms with Gasteiger partial charge in [-0.2, -0.15) is 0 Å². The Morgan fingerprint density at radius 3 is 3.12 bits per heavy atom.